The maximum Gasteiger partial charge on any atom is 0.267 e. The number of nitrogens with two attached hydrogens (primary N) is 1. The Labute approximate surface area is 163 Å². The van der Waals surface area contributed by atoms with Crippen LogP contribution in [0.25, 0.3) is 10.9 Å². The van der Waals surface area contributed by atoms with E-state index in [9.17, 15) is 4.79 Å². The van der Waals surface area contributed by atoms with Crippen molar-refractivity contribution in [2.24, 2.45) is 11.7 Å². The van der Waals surface area contributed by atoms with Crippen molar-refractivity contribution in [1.29, 1.82) is 0 Å². The lowest BCUT2D eigenvalue weighted by atomic mass is 10.1. The van der Waals surface area contributed by atoms with E-state index < -0.39 is 5.91 Å². The first-order valence-electron chi connectivity index (χ1n) is 9.04. The number of aromatic nitrogens is 3. The lowest BCUT2D eigenvalue weighted by Gasteiger charge is -2.17. The zero-order valence-corrected chi connectivity index (χ0v) is 16.2. The molecule has 0 aliphatic heterocycles. The Bertz CT molecular complexity index is 950. The molecule has 6 nitrogen and oxygen atoms in total. The summed E-state index contributed by atoms with van der Waals surface area (Å²) >= 11 is 6.20. The summed E-state index contributed by atoms with van der Waals surface area (Å²) in [5, 5.41) is 5.87. The molecular weight excluding hydrogens is 364 g/mol. The van der Waals surface area contributed by atoms with Gasteiger partial charge in [-0.25, -0.2) is 4.98 Å². The minimum Gasteiger partial charge on any atom is -0.493 e. The van der Waals surface area contributed by atoms with Crippen molar-refractivity contribution in [3.63, 3.8) is 0 Å². The summed E-state index contributed by atoms with van der Waals surface area (Å²) in [4.78, 5) is 15.4. The van der Waals surface area contributed by atoms with E-state index in [1.54, 1.807) is 18.5 Å². The molecule has 0 unspecified atom stereocenters. The zero-order valence-electron chi connectivity index (χ0n) is 15.5. The van der Waals surface area contributed by atoms with Gasteiger partial charge in [-0.1, -0.05) is 38.3 Å². The monoisotopic (exact) mass is 386 g/mol. The SMILES string of the molecule is CCC(CC)COc1ccc(Cl)cc1Cn1ncc2cc(C(N)=O)ncc21. The van der Waals surface area contributed by atoms with Crippen LogP contribution in [0.4, 0.5) is 0 Å². The third-order valence-corrected chi connectivity index (χ3v) is 4.99. The third kappa shape index (κ3) is 4.39. The summed E-state index contributed by atoms with van der Waals surface area (Å²) in [6.07, 6.45) is 5.46. The van der Waals surface area contributed by atoms with Crippen molar-refractivity contribution in [1.82, 2.24) is 14.8 Å². The average molecular weight is 387 g/mol. The molecule has 0 saturated carbocycles. The van der Waals surface area contributed by atoms with Gasteiger partial charge in [0.15, 0.2) is 0 Å². The molecule has 7 heteroatoms. The zero-order chi connectivity index (χ0) is 19.4. The predicted octanol–water partition coefficient (Wildman–Crippen LogP) is 4.05. The van der Waals surface area contributed by atoms with E-state index in [2.05, 4.69) is 23.9 Å². The number of halogens is 1. The van der Waals surface area contributed by atoms with Crippen molar-refractivity contribution in [2.45, 2.75) is 33.2 Å². The predicted molar refractivity (Wildman–Crippen MR) is 106 cm³/mol. The van der Waals surface area contributed by atoms with Crippen molar-refractivity contribution in [3.8, 4) is 5.75 Å². The molecule has 0 fully saturated rings. The van der Waals surface area contributed by atoms with E-state index in [0.717, 1.165) is 35.1 Å². The highest BCUT2D eigenvalue weighted by Gasteiger charge is 2.12. The third-order valence-electron chi connectivity index (χ3n) is 4.75. The highest BCUT2D eigenvalue weighted by Crippen LogP contribution is 2.26. The molecule has 3 rings (SSSR count). The van der Waals surface area contributed by atoms with Crippen LogP contribution in [-0.2, 0) is 6.54 Å². The molecule has 1 amide bonds. The Morgan fingerprint density at radius 1 is 1.26 bits per heavy atom. The highest BCUT2D eigenvalue weighted by molar-refractivity contribution is 6.30. The minimum absolute atomic E-state index is 0.221. The fourth-order valence-electron chi connectivity index (χ4n) is 2.94. The number of primary amides is 1. The Kier molecular flexibility index (Phi) is 5.96. The van der Waals surface area contributed by atoms with Gasteiger partial charge >= 0.3 is 0 Å². The first-order valence-corrected chi connectivity index (χ1v) is 9.42. The molecule has 2 aromatic heterocycles. The Morgan fingerprint density at radius 2 is 2.04 bits per heavy atom. The van der Waals surface area contributed by atoms with E-state index in [0.29, 0.717) is 24.1 Å². The van der Waals surface area contributed by atoms with Crippen LogP contribution in [0.2, 0.25) is 5.02 Å². The summed E-state index contributed by atoms with van der Waals surface area (Å²) in [5.41, 5.74) is 7.27. The number of hydrogen-bond donors (Lipinski definition) is 1. The second kappa shape index (κ2) is 8.39. The maximum atomic E-state index is 11.3. The van der Waals surface area contributed by atoms with Gasteiger partial charge in [0.2, 0.25) is 0 Å². The molecule has 0 aliphatic carbocycles. The van der Waals surface area contributed by atoms with Crippen molar-refractivity contribution in [3.05, 3.63) is 52.9 Å². The maximum absolute atomic E-state index is 11.3. The average Bonchev–Trinajstić information content (AvgIpc) is 3.06. The lowest BCUT2D eigenvalue weighted by Crippen LogP contribution is -2.13. The van der Waals surface area contributed by atoms with Crippen LogP contribution in [0.3, 0.4) is 0 Å². The standard InChI is InChI=1S/C20H23ClN4O2/c1-3-13(4-2)12-27-19-6-5-16(21)7-15(19)11-25-18-10-23-17(20(22)26)8-14(18)9-24-25/h5-10,13H,3-4,11-12H2,1-2H3,(H2,22,26). The molecule has 2 N–H and O–H groups in total. The molecule has 0 spiro atoms. The van der Waals surface area contributed by atoms with Gasteiger partial charge in [-0.05, 0) is 30.2 Å². The number of hydrogen-bond acceptors (Lipinski definition) is 4. The smallest absolute Gasteiger partial charge is 0.267 e. The highest BCUT2D eigenvalue weighted by atomic mass is 35.5. The van der Waals surface area contributed by atoms with Crippen LogP contribution >= 0.6 is 11.6 Å². The van der Waals surface area contributed by atoms with Crippen molar-refractivity contribution < 1.29 is 9.53 Å². The van der Waals surface area contributed by atoms with Gasteiger partial charge in [0.25, 0.3) is 5.91 Å². The molecule has 1 aromatic carbocycles. The molecule has 2 heterocycles. The number of carbonyl (C=O) groups excluding carboxylic acids is 1. The van der Waals surface area contributed by atoms with E-state index in [1.165, 1.54) is 0 Å². The fourth-order valence-corrected chi connectivity index (χ4v) is 3.14. The van der Waals surface area contributed by atoms with Gasteiger partial charge in [-0.2, -0.15) is 5.10 Å². The van der Waals surface area contributed by atoms with Gasteiger partial charge in [0, 0.05) is 16.0 Å². The van der Waals surface area contributed by atoms with Crippen LogP contribution in [0.15, 0.2) is 36.7 Å². The summed E-state index contributed by atoms with van der Waals surface area (Å²) in [5.74, 6) is 0.767. The Balaban J connectivity index is 1.87. The Morgan fingerprint density at radius 3 is 2.74 bits per heavy atom. The molecule has 0 aliphatic rings. The fraction of sp³-hybridized carbons (Fsp3) is 0.350. The summed E-state index contributed by atoms with van der Waals surface area (Å²) < 4.78 is 7.88. The molecule has 27 heavy (non-hydrogen) atoms. The topological polar surface area (TPSA) is 83.0 Å². The molecule has 142 valence electrons. The number of amides is 1. The second-order valence-corrected chi connectivity index (χ2v) is 6.98. The van der Waals surface area contributed by atoms with Crippen LogP contribution in [0, 0.1) is 5.92 Å². The van der Waals surface area contributed by atoms with Crippen LogP contribution in [0.5, 0.6) is 5.75 Å². The molecule has 3 aromatic rings. The summed E-state index contributed by atoms with van der Waals surface area (Å²) in [7, 11) is 0. The summed E-state index contributed by atoms with van der Waals surface area (Å²) in [6.45, 7) is 5.50. The first-order chi connectivity index (χ1) is 13.0. The van der Waals surface area contributed by atoms with E-state index in [4.69, 9.17) is 22.1 Å². The second-order valence-electron chi connectivity index (χ2n) is 6.54. The van der Waals surface area contributed by atoms with E-state index in [-0.39, 0.29) is 5.69 Å². The van der Waals surface area contributed by atoms with Crippen LogP contribution in [0.1, 0.15) is 42.7 Å². The summed E-state index contributed by atoms with van der Waals surface area (Å²) in [6, 6.07) is 7.26. The number of benzene rings is 1. The van der Waals surface area contributed by atoms with Crippen LogP contribution in [-0.4, -0.2) is 27.3 Å². The number of nitrogens with zero attached hydrogens (tertiary/aromatic N) is 3. The van der Waals surface area contributed by atoms with E-state index >= 15 is 0 Å². The Hall–Kier alpha value is -2.60. The quantitative estimate of drug-likeness (QED) is 0.633. The number of fused-ring (bicyclic) bond motifs is 1. The lowest BCUT2D eigenvalue weighted by molar-refractivity contribution is 0.0996. The van der Waals surface area contributed by atoms with Gasteiger partial charge in [-0.15, -0.1) is 0 Å². The molecule has 0 atom stereocenters. The molecular formula is C20H23ClN4O2. The van der Waals surface area contributed by atoms with Crippen molar-refractivity contribution in [2.75, 3.05) is 6.61 Å². The number of pyridine rings is 1. The minimum atomic E-state index is -0.559. The number of rotatable bonds is 8. The number of carbonyl (C=O) groups is 1. The number of ether oxygens (including phenoxy) is 1. The molecule has 0 saturated heterocycles. The first kappa shape index (κ1) is 19.2. The largest absolute Gasteiger partial charge is 0.493 e. The van der Waals surface area contributed by atoms with Crippen molar-refractivity contribution >= 4 is 28.4 Å². The van der Waals surface area contributed by atoms with Crippen LogP contribution < -0.4 is 10.5 Å². The van der Waals surface area contributed by atoms with Gasteiger partial charge < -0.3 is 10.5 Å². The van der Waals surface area contributed by atoms with E-state index in [1.807, 2.05) is 22.9 Å². The van der Waals surface area contributed by atoms with Gasteiger partial charge in [-0.3, -0.25) is 9.48 Å². The molecule has 0 radical (unpaired) electrons. The van der Waals surface area contributed by atoms with Gasteiger partial charge in [0.1, 0.15) is 11.4 Å². The normalized spacial score (nSPS) is 11.3. The molecule has 0 bridgehead atoms. The van der Waals surface area contributed by atoms with Gasteiger partial charge in [0.05, 0.1) is 31.1 Å².